The number of carbonyl (C=O) groups is 1. The van der Waals surface area contributed by atoms with Gasteiger partial charge in [0.2, 0.25) is 0 Å². The van der Waals surface area contributed by atoms with E-state index in [1.165, 1.54) is 35.0 Å². The Morgan fingerprint density at radius 3 is 2.68 bits per heavy atom. The number of para-hydroxylation sites is 2. The molecular weight excluding hydrogens is 324 g/mol. The van der Waals surface area contributed by atoms with Crippen molar-refractivity contribution < 1.29 is 23.4 Å². The highest BCUT2D eigenvalue weighted by molar-refractivity contribution is 9.10. The molecule has 0 fully saturated rings. The van der Waals surface area contributed by atoms with E-state index in [1.807, 2.05) is 0 Å². The Hall–Kier alpha value is -1.89. The largest absolute Gasteiger partial charge is 0.477 e. The summed E-state index contributed by atoms with van der Waals surface area (Å²) >= 11 is 3.15. The lowest BCUT2D eigenvalue weighted by atomic mass is 10.3. The van der Waals surface area contributed by atoms with Gasteiger partial charge in [0.05, 0.1) is 5.69 Å². The van der Waals surface area contributed by atoms with Crippen molar-refractivity contribution in [2.75, 3.05) is 0 Å². The first-order valence-corrected chi connectivity index (χ1v) is 5.93. The van der Waals surface area contributed by atoms with Crippen molar-refractivity contribution in [2.24, 2.45) is 0 Å². The predicted molar refractivity (Wildman–Crippen MR) is 67.1 cm³/mol. The van der Waals surface area contributed by atoms with Crippen LogP contribution in [0.15, 0.2) is 41.0 Å². The Labute approximate surface area is 115 Å². The lowest BCUT2D eigenvalue weighted by Gasteiger charge is -2.12. The van der Waals surface area contributed by atoms with Gasteiger partial charge in [0.25, 0.3) is 0 Å². The third-order valence-electron chi connectivity index (χ3n) is 2.35. The first kappa shape index (κ1) is 13.5. The van der Waals surface area contributed by atoms with Crippen LogP contribution in [0, 0.1) is 0 Å². The van der Waals surface area contributed by atoms with Gasteiger partial charge in [-0.2, -0.15) is 8.78 Å². The molecule has 0 saturated heterocycles. The molecule has 0 aliphatic heterocycles. The van der Waals surface area contributed by atoms with Crippen LogP contribution in [0.1, 0.15) is 10.5 Å². The first-order valence-electron chi connectivity index (χ1n) is 5.14. The summed E-state index contributed by atoms with van der Waals surface area (Å²) in [6.45, 7) is -2.98. The van der Waals surface area contributed by atoms with Gasteiger partial charge in [-0.1, -0.05) is 12.1 Å². The van der Waals surface area contributed by atoms with Gasteiger partial charge in [0.15, 0.2) is 0 Å². The molecule has 0 aliphatic carbocycles. The third-order valence-corrected chi connectivity index (χ3v) is 2.78. The van der Waals surface area contributed by atoms with Gasteiger partial charge >= 0.3 is 12.6 Å². The van der Waals surface area contributed by atoms with Crippen molar-refractivity contribution in [3.8, 4) is 11.4 Å². The second-order valence-electron chi connectivity index (χ2n) is 3.56. The molecule has 7 heteroatoms. The minimum atomic E-state index is -2.98. The number of hydrogen-bond donors (Lipinski definition) is 1. The fourth-order valence-electron chi connectivity index (χ4n) is 1.65. The van der Waals surface area contributed by atoms with Gasteiger partial charge < -0.3 is 14.4 Å². The number of nitrogens with zero attached hydrogens (tertiary/aromatic N) is 1. The van der Waals surface area contributed by atoms with Gasteiger partial charge in [0, 0.05) is 10.7 Å². The molecule has 0 unspecified atom stereocenters. The number of aromatic nitrogens is 1. The molecule has 1 N–H and O–H groups in total. The van der Waals surface area contributed by atoms with Crippen LogP contribution in [0.4, 0.5) is 8.78 Å². The summed E-state index contributed by atoms with van der Waals surface area (Å²) in [5.41, 5.74) is 0.170. The average molecular weight is 332 g/mol. The topological polar surface area (TPSA) is 51.5 Å². The number of alkyl halides is 2. The highest BCUT2D eigenvalue weighted by atomic mass is 79.9. The molecule has 0 bridgehead atoms. The van der Waals surface area contributed by atoms with Crippen LogP contribution in [0.5, 0.6) is 5.75 Å². The van der Waals surface area contributed by atoms with E-state index in [0.29, 0.717) is 4.47 Å². The van der Waals surface area contributed by atoms with Gasteiger partial charge in [-0.05, 0) is 34.1 Å². The molecule has 100 valence electrons. The number of carboxylic acids is 1. The number of aromatic carboxylic acids is 1. The molecule has 2 aromatic rings. The normalized spacial score (nSPS) is 10.7. The Morgan fingerprint density at radius 2 is 2.05 bits per heavy atom. The SMILES string of the molecule is O=C(O)c1cc(Br)cn1-c1ccccc1OC(F)F. The minimum Gasteiger partial charge on any atom is -0.477 e. The van der Waals surface area contributed by atoms with Crippen molar-refractivity contribution in [1.82, 2.24) is 4.57 Å². The molecule has 2 rings (SSSR count). The summed E-state index contributed by atoms with van der Waals surface area (Å²) in [6, 6.07) is 7.35. The van der Waals surface area contributed by atoms with Gasteiger partial charge in [0.1, 0.15) is 11.4 Å². The number of benzene rings is 1. The molecule has 0 amide bonds. The predicted octanol–water partition coefficient (Wildman–Crippen LogP) is 3.54. The third kappa shape index (κ3) is 2.93. The summed E-state index contributed by atoms with van der Waals surface area (Å²) in [5, 5.41) is 9.08. The number of hydrogen-bond acceptors (Lipinski definition) is 2. The maximum absolute atomic E-state index is 12.3. The Bertz CT molecular complexity index is 613. The zero-order chi connectivity index (χ0) is 14.0. The molecule has 0 atom stereocenters. The lowest BCUT2D eigenvalue weighted by molar-refractivity contribution is -0.0498. The maximum atomic E-state index is 12.3. The van der Waals surface area contributed by atoms with Gasteiger partial charge in [-0.3, -0.25) is 0 Å². The summed E-state index contributed by atoms with van der Waals surface area (Å²) in [7, 11) is 0. The fourth-order valence-corrected chi connectivity index (χ4v) is 2.07. The fraction of sp³-hybridized carbons (Fsp3) is 0.0833. The maximum Gasteiger partial charge on any atom is 0.387 e. The molecule has 1 aromatic carbocycles. The van der Waals surface area contributed by atoms with Crippen LogP contribution in [0.3, 0.4) is 0 Å². The smallest absolute Gasteiger partial charge is 0.387 e. The molecule has 19 heavy (non-hydrogen) atoms. The van der Waals surface area contributed by atoms with Crippen molar-refractivity contribution in [2.45, 2.75) is 6.61 Å². The highest BCUT2D eigenvalue weighted by Crippen LogP contribution is 2.28. The number of halogens is 3. The Balaban J connectivity index is 2.55. The molecule has 4 nitrogen and oxygen atoms in total. The van der Waals surface area contributed by atoms with E-state index in [-0.39, 0.29) is 17.1 Å². The van der Waals surface area contributed by atoms with Gasteiger partial charge in [-0.15, -0.1) is 0 Å². The van der Waals surface area contributed by atoms with E-state index in [1.54, 1.807) is 6.07 Å². The number of rotatable bonds is 4. The van der Waals surface area contributed by atoms with Crippen molar-refractivity contribution in [3.05, 3.63) is 46.7 Å². The van der Waals surface area contributed by atoms with Crippen LogP contribution >= 0.6 is 15.9 Å². The summed E-state index contributed by atoms with van der Waals surface area (Å²) in [5.74, 6) is -1.26. The zero-order valence-electron chi connectivity index (χ0n) is 9.39. The van der Waals surface area contributed by atoms with E-state index in [4.69, 9.17) is 5.11 Å². The van der Waals surface area contributed by atoms with E-state index in [2.05, 4.69) is 20.7 Å². The zero-order valence-corrected chi connectivity index (χ0v) is 11.0. The van der Waals surface area contributed by atoms with Crippen LogP contribution in [-0.4, -0.2) is 22.3 Å². The van der Waals surface area contributed by atoms with Crippen molar-refractivity contribution in [3.63, 3.8) is 0 Å². The Morgan fingerprint density at radius 1 is 1.37 bits per heavy atom. The van der Waals surface area contributed by atoms with Crippen LogP contribution < -0.4 is 4.74 Å². The summed E-state index contributed by atoms with van der Waals surface area (Å²) in [6.07, 6.45) is 1.47. The average Bonchev–Trinajstić information content (AvgIpc) is 2.71. The second-order valence-corrected chi connectivity index (χ2v) is 4.48. The first-order chi connectivity index (χ1) is 8.99. The van der Waals surface area contributed by atoms with E-state index in [0.717, 1.165) is 0 Å². The molecule has 0 radical (unpaired) electrons. The monoisotopic (exact) mass is 331 g/mol. The Kier molecular flexibility index (Phi) is 3.84. The minimum absolute atomic E-state index is 0.0582. The molecule has 0 spiro atoms. The van der Waals surface area contributed by atoms with E-state index >= 15 is 0 Å². The standard InChI is InChI=1S/C12H8BrF2NO3/c13-7-5-9(11(17)18)16(6-7)8-3-1-2-4-10(8)19-12(14)15/h1-6,12H,(H,17,18). The number of carboxylic acid groups (broad SMARTS) is 1. The number of ether oxygens (including phenoxy) is 1. The van der Waals surface area contributed by atoms with Crippen molar-refractivity contribution in [1.29, 1.82) is 0 Å². The quantitative estimate of drug-likeness (QED) is 0.932. The lowest BCUT2D eigenvalue weighted by Crippen LogP contribution is -2.09. The van der Waals surface area contributed by atoms with Crippen LogP contribution in [-0.2, 0) is 0 Å². The summed E-state index contributed by atoms with van der Waals surface area (Å²) in [4.78, 5) is 11.1. The second kappa shape index (κ2) is 5.40. The van der Waals surface area contributed by atoms with Gasteiger partial charge in [-0.25, -0.2) is 4.79 Å². The molecule has 1 aromatic heterocycles. The van der Waals surface area contributed by atoms with E-state index < -0.39 is 12.6 Å². The van der Waals surface area contributed by atoms with E-state index in [9.17, 15) is 13.6 Å². The summed E-state index contributed by atoms with van der Waals surface area (Å²) < 4.78 is 30.8. The molecule has 0 aliphatic rings. The highest BCUT2D eigenvalue weighted by Gasteiger charge is 2.17. The molecular formula is C12H8BrF2NO3. The van der Waals surface area contributed by atoms with Crippen LogP contribution in [0.2, 0.25) is 0 Å². The molecule has 1 heterocycles. The van der Waals surface area contributed by atoms with Crippen molar-refractivity contribution >= 4 is 21.9 Å². The molecule has 0 saturated carbocycles. The van der Waals surface area contributed by atoms with Crippen LogP contribution in [0.25, 0.3) is 5.69 Å².